The minimum Gasteiger partial charge on any atom is -0.480 e. The van der Waals surface area contributed by atoms with Gasteiger partial charge >= 0.3 is 12.0 Å². The molecule has 1 aliphatic rings. The molecule has 2 amide bonds. The summed E-state index contributed by atoms with van der Waals surface area (Å²) in [7, 11) is 0. The minimum atomic E-state index is -1.06. The number of nitrogens with zero attached hydrogens (tertiary/aromatic N) is 1. The second-order valence-electron chi connectivity index (χ2n) is 3.73. The molecule has 1 atom stereocenters. The van der Waals surface area contributed by atoms with Crippen molar-refractivity contribution in [3.05, 3.63) is 0 Å². The Hall–Kier alpha value is -1.30. The van der Waals surface area contributed by atoms with Crippen molar-refractivity contribution >= 4 is 12.0 Å². The minimum absolute atomic E-state index is 0.342. The molecule has 0 aromatic heterocycles. The van der Waals surface area contributed by atoms with E-state index in [9.17, 15) is 14.7 Å². The number of amides is 2. The van der Waals surface area contributed by atoms with Crippen LogP contribution in [0.1, 0.15) is 19.8 Å². The highest BCUT2D eigenvalue weighted by Gasteiger charge is 2.23. The third-order valence-corrected chi connectivity index (χ3v) is 2.46. The number of urea groups is 1. The lowest BCUT2D eigenvalue weighted by molar-refractivity contribution is -0.138. The molecular weight excluding hydrogens is 200 g/mol. The monoisotopic (exact) mass is 216 g/mol. The number of rotatable bonds is 2. The van der Waals surface area contributed by atoms with Crippen molar-refractivity contribution in [1.82, 2.24) is 10.2 Å². The van der Waals surface area contributed by atoms with Gasteiger partial charge in [0, 0.05) is 13.1 Å². The van der Waals surface area contributed by atoms with Gasteiger partial charge < -0.3 is 20.4 Å². The molecule has 0 radical (unpaired) electrons. The van der Waals surface area contributed by atoms with Gasteiger partial charge in [-0.15, -0.1) is 0 Å². The lowest BCUT2D eigenvalue weighted by Crippen LogP contribution is -2.49. The maximum Gasteiger partial charge on any atom is 0.325 e. The van der Waals surface area contributed by atoms with Crippen molar-refractivity contribution in [3.63, 3.8) is 0 Å². The maximum atomic E-state index is 11.5. The van der Waals surface area contributed by atoms with Crippen molar-refractivity contribution in [2.75, 3.05) is 13.1 Å². The van der Waals surface area contributed by atoms with Crippen LogP contribution in [0.2, 0.25) is 0 Å². The molecule has 1 fully saturated rings. The van der Waals surface area contributed by atoms with E-state index in [0.717, 1.165) is 0 Å². The second kappa shape index (κ2) is 4.97. The molecule has 0 saturated carbocycles. The lowest BCUT2D eigenvalue weighted by atomic mass is 10.1. The number of likely N-dealkylation sites (tertiary alicyclic amines) is 1. The Morgan fingerprint density at radius 3 is 2.40 bits per heavy atom. The molecule has 1 saturated heterocycles. The second-order valence-corrected chi connectivity index (χ2v) is 3.73. The molecule has 0 bridgehead atoms. The Bertz CT molecular complexity index is 248. The zero-order valence-corrected chi connectivity index (χ0v) is 8.64. The molecule has 0 spiro atoms. The number of carbonyl (C=O) groups is 2. The summed E-state index contributed by atoms with van der Waals surface area (Å²) in [6.45, 7) is 2.36. The fourth-order valence-corrected chi connectivity index (χ4v) is 1.41. The average Bonchev–Trinajstić information content (AvgIpc) is 2.18. The molecule has 1 aliphatic heterocycles. The van der Waals surface area contributed by atoms with Crippen LogP contribution in [0.4, 0.5) is 4.79 Å². The van der Waals surface area contributed by atoms with E-state index in [1.54, 1.807) is 0 Å². The highest BCUT2D eigenvalue weighted by Crippen LogP contribution is 2.09. The van der Waals surface area contributed by atoms with Crippen molar-refractivity contribution < 1.29 is 19.8 Å². The molecular formula is C9H16N2O4. The van der Waals surface area contributed by atoms with E-state index in [1.807, 2.05) is 0 Å². The summed E-state index contributed by atoms with van der Waals surface area (Å²) in [5.41, 5.74) is 0. The van der Waals surface area contributed by atoms with E-state index in [2.05, 4.69) is 5.32 Å². The Balaban J connectivity index is 2.37. The van der Waals surface area contributed by atoms with Gasteiger partial charge in [0.25, 0.3) is 0 Å². The summed E-state index contributed by atoms with van der Waals surface area (Å²) in [4.78, 5) is 23.5. The summed E-state index contributed by atoms with van der Waals surface area (Å²) >= 11 is 0. The van der Waals surface area contributed by atoms with E-state index in [1.165, 1.54) is 11.8 Å². The normalized spacial score (nSPS) is 19.7. The van der Waals surface area contributed by atoms with E-state index in [0.29, 0.717) is 25.9 Å². The molecule has 86 valence electrons. The highest BCUT2D eigenvalue weighted by atomic mass is 16.4. The van der Waals surface area contributed by atoms with Gasteiger partial charge in [0.1, 0.15) is 6.04 Å². The number of hydrogen-bond acceptors (Lipinski definition) is 3. The number of nitrogens with one attached hydrogen (secondary N) is 1. The number of carboxylic acid groups (broad SMARTS) is 1. The lowest BCUT2D eigenvalue weighted by Gasteiger charge is -2.30. The molecule has 1 rings (SSSR count). The zero-order chi connectivity index (χ0) is 11.4. The first-order chi connectivity index (χ1) is 7.00. The number of aliphatic hydroxyl groups excluding tert-OH is 1. The van der Waals surface area contributed by atoms with Crippen LogP contribution in [0.5, 0.6) is 0 Å². The van der Waals surface area contributed by atoms with Gasteiger partial charge in [0.2, 0.25) is 0 Å². The molecule has 0 aromatic carbocycles. The first-order valence-electron chi connectivity index (χ1n) is 4.97. The van der Waals surface area contributed by atoms with Crippen LogP contribution in [0.3, 0.4) is 0 Å². The number of aliphatic hydroxyl groups is 1. The van der Waals surface area contributed by atoms with E-state index < -0.39 is 12.0 Å². The Kier molecular flexibility index (Phi) is 3.90. The van der Waals surface area contributed by atoms with E-state index in [-0.39, 0.29) is 12.1 Å². The summed E-state index contributed by atoms with van der Waals surface area (Å²) in [6, 6.07) is -1.26. The molecule has 1 unspecified atom stereocenters. The van der Waals surface area contributed by atoms with Gasteiger partial charge in [-0.2, -0.15) is 0 Å². The Labute approximate surface area is 87.9 Å². The smallest absolute Gasteiger partial charge is 0.325 e. The predicted octanol–water partition coefficient (Wildman–Crippen LogP) is -0.374. The van der Waals surface area contributed by atoms with Gasteiger partial charge in [0.15, 0.2) is 0 Å². The van der Waals surface area contributed by atoms with Crippen LogP contribution in [-0.2, 0) is 4.79 Å². The number of carbonyl (C=O) groups excluding carboxylic acids is 1. The topological polar surface area (TPSA) is 89.9 Å². The first kappa shape index (κ1) is 11.8. The largest absolute Gasteiger partial charge is 0.480 e. The van der Waals surface area contributed by atoms with Crippen LogP contribution < -0.4 is 5.32 Å². The average molecular weight is 216 g/mol. The number of carboxylic acids is 1. The Morgan fingerprint density at radius 2 is 1.93 bits per heavy atom. The molecule has 6 nitrogen and oxygen atoms in total. The van der Waals surface area contributed by atoms with Crippen molar-refractivity contribution in [1.29, 1.82) is 0 Å². The summed E-state index contributed by atoms with van der Waals surface area (Å²) in [5, 5.41) is 20.2. The first-order valence-corrected chi connectivity index (χ1v) is 4.97. The van der Waals surface area contributed by atoms with Crippen LogP contribution >= 0.6 is 0 Å². The van der Waals surface area contributed by atoms with Crippen molar-refractivity contribution in [3.8, 4) is 0 Å². The fourth-order valence-electron chi connectivity index (χ4n) is 1.41. The van der Waals surface area contributed by atoms with Gasteiger partial charge in [-0.05, 0) is 19.8 Å². The molecule has 6 heteroatoms. The number of hydrogen-bond donors (Lipinski definition) is 3. The molecule has 0 aliphatic carbocycles. The summed E-state index contributed by atoms with van der Waals surface area (Å²) in [6.07, 6.45) is 0.759. The molecule has 15 heavy (non-hydrogen) atoms. The highest BCUT2D eigenvalue weighted by molar-refractivity contribution is 5.82. The molecule has 1 heterocycles. The van der Waals surface area contributed by atoms with Gasteiger partial charge in [-0.25, -0.2) is 4.79 Å². The van der Waals surface area contributed by atoms with Crippen LogP contribution in [0.25, 0.3) is 0 Å². The maximum absolute atomic E-state index is 11.5. The summed E-state index contributed by atoms with van der Waals surface area (Å²) < 4.78 is 0. The number of piperidine rings is 1. The van der Waals surface area contributed by atoms with Crippen LogP contribution in [0.15, 0.2) is 0 Å². The SMILES string of the molecule is CC(NC(=O)N1CCC(O)CC1)C(=O)O. The third-order valence-electron chi connectivity index (χ3n) is 2.46. The third kappa shape index (κ3) is 3.39. The molecule has 0 aromatic rings. The van der Waals surface area contributed by atoms with Crippen LogP contribution in [0, 0.1) is 0 Å². The van der Waals surface area contributed by atoms with Crippen molar-refractivity contribution in [2.24, 2.45) is 0 Å². The van der Waals surface area contributed by atoms with Crippen LogP contribution in [-0.4, -0.2) is 52.3 Å². The van der Waals surface area contributed by atoms with E-state index >= 15 is 0 Å². The number of aliphatic carboxylic acids is 1. The van der Waals surface area contributed by atoms with Gasteiger partial charge in [0.05, 0.1) is 6.10 Å². The quantitative estimate of drug-likeness (QED) is 0.587. The Morgan fingerprint density at radius 1 is 1.40 bits per heavy atom. The fraction of sp³-hybridized carbons (Fsp3) is 0.778. The van der Waals surface area contributed by atoms with E-state index in [4.69, 9.17) is 5.11 Å². The predicted molar refractivity (Wildman–Crippen MR) is 52.4 cm³/mol. The zero-order valence-electron chi connectivity index (χ0n) is 8.64. The van der Waals surface area contributed by atoms with Crippen molar-refractivity contribution in [2.45, 2.75) is 31.9 Å². The molecule has 3 N–H and O–H groups in total. The standard InChI is InChI=1S/C9H16N2O4/c1-6(8(13)14)10-9(15)11-4-2-7(12)3-5-11/h6-7,12H,2-5H2,1H3,(H,10,15)(H,13,14). The van der Waals surface area contributed by atoms with Gasteiger partial charge in [-0.3, -0.25) is 4.79 Å². The van der Waals surface area contributed by atoms with Gasteiger partial charge in [-0.1, -0.05) is 0 Å². The summed E-state index contributed by atoms with van der Waals surface area (Å²) in [5.74, 6) is -1.06.